The van der Waals surface area contributed by atoms with Gasteiger partial charge in [-0.05, 0) is 5.56 Å². The summed E-state index contributed by atoms with van der Waals surface area (Å²) in [6.07, 6.45) is -1.08. The summed E-state index contributed by atoms with van der Waals surface area (Å²) in [4.78, 5) is 34.6. The molecule has 6 nitrogen and oxygen atoms in total. The van der Waals surface area contributed by atoms with Crippen molar-refractivity contribution in [1.82, 2.24) is 5.32 Å². The van der Waals surface area contributed by atoms with Crippen molar-refractivity contribution in [3.63, 3.8) is 0 Å². The lowest BCUT2D eigenvalue weighted by Crippen LogP contribution is -2.39. The third-order valence-corrected chi connectivity index (χ3v) is 3.20. The van der Waals surface area contributed by atoms with Crippen molar-refractivity contribution in [2.24, 2.45) is 0 Å². The molecule has 1 aromatic rings. The third-order valence-electron chi connectivity index (χ3n) is 3.20. The molecule has 1 amide bonds. The van der Waals surface area contributed by atoms with Gasteiger partial charge in [0.25, 0.3) is 0 Å². The van der Waals surface area contributed by atoms with Gasteiger partial charge in [-0.15, -0.1) is 0 Å². The Kier molecular flexibility index (Phi) is 2.70. The highest BCUT2D eigenvalue weighted by molar-refractivity contribution is 6.04. The summed E-state index contributed by atoms with van der Waals surface area (Å²) < 4.78 is 9.76. The smallest absolute Gasteiger partial charge is 0.408 e. The molecule has 1 aliphatic heterocycles. The molecular formula is C13H11NO5. The first kappa shape index (κ1) is 11.7. The number of esters is 1. The Morgan fingerprint density at radius 3 is 2.79 bits per heavy atom. The fourth-order valence-corrected chi connectivity index (χ4v) is 2.23. The quantitative estimate of drug-likeness (QED) is 0.781. The monoisotopic (exact) mass is 261 g/mol. The van der Waals surface area contributed by atoms with E-state index in [-0.39, 0.29) is 12.4 Å². The van der Waals surface area contributed by atoms with Gasteiger partial charge < -0.3 is 14.8 Å². The number of ketones is 1. The summed E-state index contributed by atoms with van der Waals surface area (Å²) in [5, 5.41) is 2.32. The number of amides is 1. The lowest BCUT2D eigenvalue weighted by atomic mass is 10.1. The summed E-state index contributed by atoms with van der Waals surface area (Å²) in [5.41, 5.74) is 1.46. The Hall–Kier alpha value is -2.37. The van der Waals surface area contributed by atoms with Crippen molar-refractivity contribution in [2.45, 2.75) is 18.6 Å². The molecule has 0 saturated carbocycles. The zero-order chi connectivity index (χ0) is 13.4. The minimum atomic E-state index is -0.830. The van der Waals surface area contributed by atoms with Gasteiger partial charge in [0, 0.05) is 12.0 Å². The van der Waals surface area contributed by atoms with Crippen LogP contribution in [0.2, 0.25) is 0 Å². The SMILES string of the molecule is O=C1N[C@H](C(=O)OC2Cc3ccccc3C2=O)CO1. The number of ether oxygens (including phenoxy) is 2. The number of nitrogens with one attached hydrogen (secondary N) is 1. The summed E-state index contributed by atoms with van der Waals surface area (Å²) in [6, 6.07) is 6.32. The van der Waals surface area contributed by atoms with Crippen LogP contribution in [0.15, 0.2) is 24.3 Å². The number of carbonyl (C=O) groups is 3. The average molecular weight is 261 g/mol. The molecule has 2 atom stereocenters. The van der Waals surface area contributed by atoms with Crippen LogP contribution in [0.4, 0.5) is 4.79 Å². The molecule has 98 valence electrons. The fraction of sp³-hybridized carbons (Fsp3) is 0.308. The van der Waals surface area contributed by atoms with E-state index >= 15 is 0 Å². The molecule has 6 heteroatoms. The molecular weight excluding hydrogens is 250 g/mol. The average Bonchev–Trinajstić information content (AvgIpc) is 2.96. The molecule has 1 fully saturated rings. The first-order chi connectivity index (χ1) is 9.15. The Labute approximate surface area is 108 Å². The highest BCUT2D eigenvalue weighted by atomic mass is 16.6. The number of carbonyl (C=O) groups excluding carboxylic acids is 3. The second kappa shape index (κ2) is 4.38. The number of Topliss-reactive ketones (excluding diaryl/α,β-unsaturated/α-hetero) is 1. The van der Waals surface area contributed by atoms with E-state index in [1.54, 1.807) is 12.1 Å². The van der Waals surface area contributed by atoms with Crippen molar-refractivity contribution in [3.8, 4) is 0 Å². The molecule has 0 bridgehead atoms. The highest BCUT2D eigenvalue weighted by Crippen LogP contribution is 2.24. The summed E-state index contributed by atoms with van der Waals surface area (Å²) in [6.45, 7) is -0.0640. The minimum Gasteiger partial charge on any atom is -0.452 e. The lowest BCUT2D eigenvalue weighted by molar-refractivity contribution is -0.148. The van der Waals surface area contributed by atoms with Crippen LogP contribution in [0.1, 0.15) is 15.9 Å². The van der Waals surface area contributed by atoms with Crippen LogP contribution < -0.4 is 5.32 Å². The number of benzene rings is 1. The van der Waals surface area contributed by atoms with E-state index in [4.69, 9.17) is 4.74 Å². The van der Waals surface area contributed by atoms with Crippen LogP contribution in [0.5, 0.6) is 0 Å². The van der Waals surface area contributed by atoms with Gasteiger partial charge in [-0.1, -0.05) is 24.3 Å². The number of cyclic esters (lactones) is 1. The van der Waals surface area contributed by atoms with E-state index < -0.39 is 24.2 Å². The molecule has 1 unspecified atom stereocenters. The summed E-state index contributed by atoms with van der Waals surface area (Å²) in [7, 11) is 0. The van der Waals surface area contributed by atoms with Gasteiger partial charge in [0.15, 0.2) is 12.1 Å². The number of hydrogen-bond donors (Lipinski definition) is 1. The van der Waals surface area contributed by atoms with E-state index in [0.29, 0.717) is 12.0 Å². The van der Waals surface area contributed by atoms with Crippen LogP contribution in [0.25, 0.3) is 0 Å². The van der Waals surface area contributed by atoms with Crippen molar-refractivity contribution >= 4 is 17.8 Å². The van der Waals surface area contributed by atoms with E-state index in [9.17, 15) is 14.4 Å². The first-order valence-corrected chi connectivity index (χ1v) is 5.91. The lowest BCUT2D eigenvalue weighted by Gasteiger charge is -2.12. The molecule has 1 aromatic carbocycles. The molecule has 19 heavy (non-hydrogen) atoms. The molecule has 0 aromatic heterocycles. The molecule has 3 rings (SSSR count). The van der Waals surface area contributed by atoms with Crippen LogP contribution in [-0.4, -0.2) is 36.6 Å². The predicted octanol–water partition coefficient (Wildman–Crippen LogP) is 0.446. The second-order valence-corrected chi connectivity index (χ2v) is 4.45. The molecule has 1 aliphatic carbocycles. The Bertz CT molecular complexity index is 568. The Morgan fingerprint density at radius 1 is 1.32 bits per heavy atom. The fourth-order valence-electron chi connectivity index (χ4n) is 2.23. The maximum Gasteiger partial charge on any atom is 0.408 e. The number of fused-ring (bicyclic) bond motifs is 1. The van der Waals surface area contributed by atoms with E-state index in [0.717, 1.165) is 5.56 Å². The van der Waals surface area contributed by atoms with Crippen molar-refractivity contribution in [1.29, 1.82) is 0 Å². The van der Waals surface area contributed by atoms with Gasteiger partial charge in [-0.2, -0.15) is 0 Å². The molecule has 0 radical (unpaired) electrons. The highest BCUT2D eigenvalue weighted by Gasteiger charge is 2.37. The summed E-state index contributed by atoms with van der Waals surface area (Å²) >= 11 is 0. The molecule has 0 spiro atoms. The van der Waals surface area contributed by atoms with Crippen molar-refractivity contribution in [2.75, 3.05) is 6.61 Å². The van der Waals surface area contributed by atoms with Crippen LogP contribution >= 0.6 is 0 Å². The van der Waals surface area contributed by atoms with E-state index in [1.165, 1.54) is 0 Å². The van der Waals surface area contributed by atoms with Gasteiger partial charge in [0.1, 0.15) is 6.61 Å². The number of hydrogen-bond acceptors (Lipinski definition) is 5. The van der Waals surface area contributed by atoms with Crippen LogP contribution in [-0.2, 0) is 20.7 Å². The van der Waals surface area contributed by atoms with E-state index in [1.807, 2.05) is 12.1 Å². The Balaban J connectivity index is 1.68. The molecule has 1 N–H and O–H groups in total. The topological polar surface area (TPSA) is 81.7 Å². The van der Waals surface area contributed by atoms with E-state index in [2.05, 4.69) is 10.1 Å². The van der Waals surface area contributed by atoms with Crippen molar-refractivity contribution in [3.05, 3.63) is 35.4 Å². The van der Waals surface area contributed by atoms with Crippen LogP contribution in [0, 0.1) is 0 Å². The summed E-state index contributed by atoms with van der Waals surface area (Å²) in [5.74, 6) is -0.841. The maximum atomic E-state index is 12.0. The molecule has 1 saturated heterocycles. The van der Waals surface area contributed by atoms with Gasteiger partial charge in [-0.25, -0.2) is 9.59 Å². The van der Waals surface area contributed by atoms with Gasteiger partial charge in [0.2, 0.25) is 5.78 Å². The zero-order valence-corrected chi connectivity index (χ0v) is 9.92. The number of rotatable bonds is 2. The normalized spacial score (nSPS) is 24.6. The molecule has 1 heterocycles. The largest absolute Gasteiger partial charge is 0.452 e. The van der Waals surface area contributed by atoms with Crippen molar-refractivity contribution < 1.29 is 23.9 Å². The second-order valence-electron chi connectivity index (χ2n) is 4.45. The predicted molar refractivity (Wildman–Crippen MR) is 62.6 cm³/mol. The zero-order valence-electron chi connectivity index (χ0n) is 9.92. The number of alkyl carbamates (subject to hydrolysis) is 1. The first-order valence-electron chi connectivity index (χ1n) is 5.91. The standard InChI is InChI=1S/C13H11NO5/c15-11-8-4-2-1-3-7(8)5-10(11)19-12(16)9-6-18-13(17)14-9/h1-4,9-10H,5-6H2,(H,14,17)/t9-,10?/m0/s1. The maximum absolute atomic E-state index is 12.0. The van der Waals surface area contributed by atoms with Gasteiger partial charge in [0.05, 0.1) is 0 Å². The Morgan fingerprint density at radius 2 is 2.11 bits per heavy atom. The van der Waals surface area contributed by atoms with Gasteiger partial charge >= 0.3 is 12.1 Å². The van der Waals surface area contributed by atoms with Gasteiger partial charge in [-0.3, -0.25) is 4.79 Å². The van der Waals surface area contributed by atoms with Crippen LogP contribution in [0.3, 0.4) is 0 Å². The third kappa shape index (κ3) is 2.05. The molecule has 2 aliphatic rings. The minimum absolute atomic E-state index is 0.0640.